The average Bonchev–Trinajstić information content (AvgIpc) is 3.17. The normalized spacial score (nSPS) is 22.6. The number of hydrogen-bond acceptors (Lipinski definition) is 8. The van der Waals surface area contributed by atoms with E-state index in [1.54, 1.807) is 66.7 Å². The first-order valence-corrected chi connectivity index (χ1v) is 16.1. The van der Waals surface area contributed by atoms with Crippen LogP contribution in [0.4, 0.5) is 0 Å². The third-order valence-corrected chi connectivity index (χ3v) is 10.4. The highest BCUT2D eigenvalue weighted by Crippen LogP contribution is 2.41. The fraction of sp³-hybridized carbons (Fsp3) is 0.375. The standard InChI is InChI=1S/C32H36N2O8S/c35-28(33-42-29-13-7-8-21-40-29)23-32(25-14-16-27(17-15-25)41-26-11-5-2-6-12-26)18-19-34(20-22-43(32,38)39)31(37)30(36)24-9-3-1-4-10-24/h1-6,9-12,14-17,29-30,36H,7-8,13,18-23H2,(H,33,35)/t29?,30-,32?/m0/s1. The zero-order chi connectivity index (χ0) is 30.3. The SMILES string of the molecule is O=C(CC1(c2ccc(Oc3ccccc3)cc2)CCN(C(=O)[C@@H](O)c2ccccc2)CCS1(=O)=O)NOC1CCCCO1. The second-order valence-electron chi connectivity index (χ2n) is 10.8. The summed E-state index contributed by atoms with van der Waals surface area (Å²) in [5.41, 5.74) is 3.21. The number of ether oxygens (including phenoxy) is 2. The van der Waals surface area contributed by atoms with Gasteiger partial charge in [-0.05, 0) is 54.7 Å². The summed E-state index contributed by atoms with van der Waals surface area (Å²) in [6.07, 6.45) is -0.0891. The summed E-state index contributed by atoms with van der Waals surface area (Å²) in [6, 6.07) is 24.3. The van der Waals surface area contributed by atoms with Crippen LogP contribution in [-0.2, 0) is 33.7 Å². The van der Waals surface area contributed by atoms with Gasteiger partial charge in [-0.15, -0.1) is 0 Å². The largest absolute Gasteiger partial charge is 0.457 e. The molecule has 2 fully saturated rings. The molecule has 10 nitrogen and oxygen atoms in total. The fourth-order valence-corrected chi connectivity index (χ4v) is 7.59. The van der Waals surface area contributed by atoms with Gasteiger partial charge in [0.15, 0.2) is 22.2 Å². The van der Waals surface area contributed by atoms with Crippen LogP contribution in [0.15, 0.2) is 84.9 Å². The molecule has 228 valence electrons. The highest BCUT2D eigenvalue weighted by molar-refractivity contribution is 7.92. The minimum atomic E-state index is -4.01. The van der Waals surface area contributed by atoms with Gasteiger partial charge < -0.3 is 19.5 Å². The lowest BCUT2D eigenvalue weighted by atomic mass is 9.90. The van der Waals surface area contributed by atoms with Crippen LogP contribution >= 0.6 is 0 Å². The molecule has 0 aromatic heterocycles. The van der Waals surface area contributed by atoms with Gasteiger partial charge in [-0.1, -0.05) is 60.7 Å². The predicted octanol–water partition coefficient (Wildman–Crippen LogP) is 4.02. The monoisotopic (exact) mass is 608 g/mol. The number of nitrogens with zero attached hydrogens (tertiary/aromatic N) is 1. The molecule has 0 bridgehead atoms. The summed E-state index contributed by atoms with van der Waals surface area (Å²) in [5, 5.41) is 10.8. The van der Waals surface area contributed by atoms with Crippen LogP contribution in [0, 0.1) is 0 Å². The molecule has 11 heteroatoms. The van der Waals surface area contributed by atoms with Gasteiger partial charge >= 0.3 is 0 Å². The Morgan fingerprint density at radius 3 is 2.30 bits per heavy atom. The highest BCUT2D eigenvalue weighted by Gasteiger charge is 2.49. The second kappa shape index (κ2) is 13.7. The third-order valence-electron chi connectivity index (χ3n) is 7.92. The third kappa shape index (κ3) is 7.24. The molecule has 3 atom stereocenters. The van der Waals surface area contributed by atoms with Gasteiger partial charge in [0, 0.05) is 26.1 Å². The van der Waals surface area contributed by atoms with E-state index in [1.165, 1.54) is 4.90 Å². The van der Waals surface area contributed by atoms with E-state index in [-0.39, 0.29) is 25.3 Å². The number of benzene rings is 3. The Kier molecular flexibility index (Phi) is 9.76. The van der Waals surface area contributed by atoms with E-state index in [9.17, 15) is 23.1 Å². The molecule has 2 aliphatic rings. The molecule has 0 aliphatic carbocycles. The number of hydroxylamine groups is 1. The van der Waals surface area contributed by atoms with Crippen LogP contribution in [0.2, 0.25) is 0 Å². The molecule has 5 rings (SSSR count). The van der Waals surface area contributed by atoms with E-state index in [1.807, 2.05) is 18.2 Å². The van der Waals surface area contributed by atoms with Gasteiger partial charge in [0.25, 0.3) is 5.91 Å². The molecule has 2 aliphatic heterocycles. The predicted molar refractivity (Wildman–Crippen MR) is 158 cm³/mol. The molecule has 43 heavy (non-hydrogen) atoms. The lowest BCUT2D eigenvalue weighted by Crippen LogP contribution is -2.43. The van der Waals surface area contributed by atoms with Crippen LogP contribution in [-0.4, -0.2) is 62.0 Å². The van der Waals surface area contributed by atoms with E-state index in [2.05, 4.69) is 5.48 Å². The zero-order valence-electron chi connectivity index (χ0n) is 23.8. The van der Waals surface area contributed by atoms with E-state index in [0.717, 1.165) is 12.8 Å². The molecule has 0 spiro atoms. The quantitative estimate of drug-likeness (QED) is 0.349. The number of amides is 2. The van der Waals surface area contributed by atoms with Crippen molar-refractivity contribution >= 4 is 21.7 Å². The minimum absolute atomic E-state index is 0.0180. The zero-order valence-corrected chi connectivity index (χ0v) is 24.6. The van der Waals surface area contributed by atoms with Gasteiger partial charge in [-0.3, -0.25) is 9.59 Å². The van der Waals surface area contributed by atoms with Crippen molar-refractivity contribution in [2.45, 2.75) is 49.2 Å². The van der Waals surface area contributed by atoms with Crippen molar-refractivity contribution in [1.29, 1.82) is 0 Å². The van der Waals surface area contributed by atoms with E-state index >= 15 is 0 Å². The molecule has 3 aromatic rings. The maximum absolute atomic E-state index is 14.1. The first-order chi connectivity index (χ1) is 20.8. The first-order valence-electron chi connectivity index (χ1n) is 14.4. The molecule has 2 unspecified atom stereocenters. The minimum Gasteiger partial charge on any atom is -0.457 e. The summed E-state index contributed by atoms with van der Waals surface area (Å²) >= 11 is 0. The summed E-state index contributed by atoms with van der Waals surface area (Å²) in [7, 11) is -4.01. The van der Waals surface area contributed by atoms with Gasteiger partial charge in [0.1, 0.15) is 16.2 Å². The number of rotatable bonds is 9. The van der Waals surface area contributed by atoms with Gasteiger partial charge in [-0.2, -0.15) is 0 Å². The molecule has 3 aromatic carbocycles. The highest BCUT2D eigenvalue weighted by atomic mass is 32.2. The number of carbonyl (C=O) groups excluding carboxylic acids is 2. The van der Waals surface area contributed by atoms with Crippen molar-refractivity contribution < 1.29 is 37.4 Å². The van der Waals surface area contributed by atoms with Crippen LogP contribution in [0.3, 0.4) is 0 Å². The molecule has 2 N–H and O–H groups in total. The Bertz CT molecular complexity index is 1480. The average molecular weight is 609 g/mol. The Balaban J connectivity index is 1.40. The summed E-state index contributed by atoms with van der Waals surface area (Å²) in [5.74, 6) is -0.471. The number of sulfone groups is 1. The van der Waals surface area contributed by atoms with Crippen molar-refractivity contribution in [3.63, 3.8) is 0 Å². The fourth-order valence-electron chi connectivity index (χ4n) is 5.49. The van der Waals surface area contributed by atoms with Crippen LogP contribution in [0.5, 0.6) is 11.5 Å². The molecule has 0 radical (unpaired) electrons. The van der Waals surface area contributed by atoms with Gasteiger partial charge in [0.2, 0.25) is 5.91 Å². The summed E-state index contributed by atoms with van der Waals surface area (Å²) in [6.45, 7) is 0.426. The van der Waals surface area contributed by atoms with Crippen molar-refractivity contribution in [2.24, 2.45) is 0 Å². The van der Waals surface area contributed by atoms with Crippen molar-refractivity contribution in [1.82, 2.24) is 10.4 Å². The Labute approximate surface area is 251 Å². The number of hydrogen-bond donors (Lipinski definition) is 2. The van der Waals surface area contributed by atoms with Crippen molar-refractivity contribution in [2.75, 3.05) is 25.4 Å². The Morgan fingerprint density at radius 1 is 0.953 bits per heavy atom. The summed E-state index contributed by atoms with van der Waals surface area (Å²) < 4.78 is 37.9. The molecule has 2 heterocycles. The smallest absolute Gasteiger partial charge is 0.256 e. The van der Waals surface area contributed by atoms with Crippen LogP contribution < -0.4 is 10.2 Å². The summed E-state index contributed by atoms with van der Waals surface area (Å²) in [4.78, 5) is 33.3. The van der Waals surface area contributed by atoms with Crippen molar-refractivity contribution in [3.05, 3.63) is 96.1 Å². The van der Waals surface area contributed by atoms with Crippen LogP contribution in [0.1, 0.15) is 49.3 Å². The van der Waals surface area contributed by atoms with Gasteiger partial charge in [-0.25, -0.2) is 18.7 Å². The van der Waals surface area contributed by atoms with E-state index < -0.39 is 45.2 Å². The number of aliphatic hydroxyl groups is 1. The Hall–Kier alpha value is -3.77. The first kappa shape index (κ1) is 30.7. The second-order valence-corrected chi connectivity index (χ2v) is 13.2. The lowest BCUT2D eigenvalue weighted by molar-refractivity contribution is -0.200. The maximum atomic E-state index is 14.1. The van der Waals surface area contributed by atoms with E-state index in [4.69, 9.17) is 14.3 Å². The number of carbonyl (C=O) groups is 2. The number of nitrogens with one attached hydrogen (secondary N) is 1. The molecular formula is C32H36N2O8S. The van der Waals surface area contributed by atoms with Gasteiger partial charge in [0.05, 0.1) is 12.2 Å². The molecule has 2 amide bonds. The molecule has 0 saturated carbocycles. The van der Waals surface area contributed by atoms with Crippen molar-refractivity contribution in [3.8, 4) is 11.5 Å². The Morgan fingerprint density at radius 2 is 1.63 bits per heavy atom. The molecular weight excluding hydrogens is 572 g/mol. The van der Waals surface area contributed by atoms with Crippen LogP contribution in [0.25, 0.3) is 0 Å². The topological polar surface area (TPSA) is 131 Å². The number of para-hydroxylation sites is 1. The number of aliphatic hydroxyl groups excluding tert-OH is 1. The van der Waals surface area contributed by atoms with E-state index in [0.29, 0.717) is 35.7 Å². The maximum Gasteiger partial charge on any atom is 0.256 e. The molecule has 2 saturated heterocycles. The lowest BCUT2D eigenvalue weighted by Gasteiger charge is -2.32.